The third kappa shape index (κ3) is 4.11. The normalized spacial score (nSPS) is 12.1. The van der Waals surface area contributed by atoms with Gasteiger partial charge in [-0.05, 0) is 25.0 Å². The molecule has 2 aromatic carbocycles. The summed E-state index contributed by atoms with van der Waals surface area (Å²) in [5, 5.41) is 10.9. The number of benzene rings is 2. The van der Waals surface area contributed by atoms with Crippen molar-refractivity contribution >= 4 is 5.69 Å². The van der Waals surface area contributed by atoms with Crippen molar-refractivity contribution in [3.63, 3.8) is 0 Å². The second-order valence-corrected chi connectivity index (χ2v) is 4.92. The van der Waals surface area contributed by atoms with Crippen LogP contribution in [0, 0.1) is 17.0 Å². The molecule has 0 aromatic heterocycles. The Hall–Kier alpha value is -2.24. The second-order valence-electron chi connectivity index (χ2n) is 4.92. The van der Waals surface area contributed by atoms with Gasteiger partial charge in [0, 0.05) is 11.6 Å². The molecule has 0 spiro atoms. The van der Waals surface area contributed by atoms with E-state index in [1.807, 2.05) is 43.3 Å². The first-order chi connectivity index (χ1) is 10.1. The van der Waals surface area contributed by atoms with E-state index in [-0.39, 0.29) is 16.7 Å². The van der Waals surface area contributed by atoms with Crippen molar-refractivity contribution < 1.29 is 9.76 Å². The number of aryl methyl sites for hydroxylation is 1. The summed E-state index contributed by atoms with van der Waals surface area (Å²) in [7, 11) is 0. The quantitative estimate of drug-likeness (QED) is 0.649. The fraction of sp³-hybridized carbons (Fsp3) is 0.250. The van der Waals surface area contributed by atoms with Gasteiger partial charge < -0.3 is 0 Å². The number of hydrogen-bond donors (Lipinski definition) is 1. The van der Waals surface area contributed by atoms with Gasteiger partial charge >= 0.3 is 0 Å². The Balaban J connectivity index is 1.96. The highest BCUT2D eigenvalue weighted by atomic mass is 16.6. The number of rotatable bonds is 6. The molecule has 0 amide bonds. The van der Waals surface area contributed by atoms with Gasteiger partial charge in [-0.15, -0.1) is 0 Å². The van der Waals surface area contributed by atoms with Gasteiger partial charge in [-0.1, -0.05) is 42.5 Å². The Morgan fingerprint density at radius 3 is 2.62 bits per heavy atom. The maximum Gasteiger partial charge on any atom is 0.272 e. The highest BCUT2D eigenvalue weighted by Gasteiger charge is 2.14. The molecule has 0 aliphatic carbocycles. The van der Waals surface area contributed by atoms with Crippen LogP contribution >= 0.6 is 0 Å². The van der Waals surface area contributed by atoms with E-state index in [9.17, 15) is 10.1 Å². The fourth-order valence-electron chi connectivity index (χ4n) is 1.98. The number of nitro benzene ring substituents is 1. The summed E-state index contributed by atoms with van der Waals surface area (Å²) in [6.45, 7) is 4.07. The van der Waals surface area contributed by atoms with Crippen molar-refractivity contribution in [2.45, 2.75) is 26.5 Å². The van der Waals surface area contributed by atoms with Gasteiger partial charge in [0.15, 0.2) is 0 Å². The van der Waals surface area contributed by atoms with Gasteiger partial charge in [-0.25, -0.2) is 0 Å². The molecule has 0 heterocycles. The average Bonchev–Trinajstić information content (AvgIpc) is 2.48. The number of hydroxylamine groups is 1. The zero-order chi connectivity index (χ0) is 15.2. The maximum atomic E-state index is 10.9. The van der Waals surface area contributed by atoms with Crippen molar-refractivity contribution in [2.24, 2.45) is 0 Å². The summed E-state index contributed by atoms with van der Waals surface area (Å²) in [5.41, 5.74) is 5.58. The van der Waals surface area contributed by atoms with Gasteiger partial charge in [-0.2, -0.15) is 5.48 Å². The molecule has 0 aliphatic rings. The van der Waals surface area contributed by atoms with Crippen LogP contribution in [0.25, 0.3) is 0 Å². The minimum Gasteiger partial charge on any atom is -0.296 e. The molecule has 0 saturated carbocycles. The van der Waals surface area contributed by atoms with E-state index >= 15 is 0 Å². The highest BCUT2D eigenvalue weighted by Crippen LogP contribution is 2.23. The van der Waals surface area contributed by atoms with Crippen LogP contribution in [0.15, 0.2) is 48.5 Å². The summed E-state index contributed by atoms with van der Waals surface area (Å²) >= 11 is 0. The van der Waals surface area contributed by atoms with E-state index < -0.39 is 0 Å². The van der Waals surface area contributed by atoms with Crippen molar-refractivity contribution in [3.8, 4) is 0 Å². The van der Waals surface area contributed by atoms with Crippen molar-refractivity contribution in [3.05, 3.63) is 75.3 Å². The standard InChI is InChI=1S/C16H18N2O3/c1-12-8-9-15(10-16(12)18(19)20)13(2)17-21-11-14-6-4-3-5-7-14/h3-10,13,17H,11H2,1-2H3. The molecule has 0 bridgehead atoms. The van der Waals surface area contributed by atoms with E-state index in [4.69, 9.17) is 4.84 Å². The summed E-state index contributed by atoms with van der Waals surface area (Å²) in [6.07, 6.45) is 0. The lowest BCUT2D eigenvalue weighted by Crippen LogP contribution is -2.19. The van der Waals surface area contributed by atoms with Crippen LogP contribution in [0.4, 0.5) is 5.69 Å². The second kappa shape index (κ2) is 6.97. The SMILES string of the molecule is Cc1ccc(C(C)NOCc2ccccc2)cc1[N+](=O)[O-]. The highest BCUT2D eigenvalue weighted by molar-refractivity contribution is 5.43. The van der Waals surface area contributed by atoms with E-state index in [0.717, 1.165) is 11.1 Å². The van der Waals surface area contributed by atoms with Gasteiger partial charge in [0.05, 0.1) is 17.6 Å². The van der Waals surface area contributed by atoms with Gasteiger partial charge in [-0.3, -0.25) is 15.0 Å². The van der Waals surface area contributed by atoms with E-state index in [1.54, 1.807) is 19.1 Å². The molecule has 1 unspecified atom stereocenters. The number of nitrogens with zero attached hydrogens (tertiary/aromatic N) is 1. The predicted octanol–water partition coefficient (Wildman–Crippen LogP) is 3.69. The first kappa shape index (κ1) is 15.2. The van der Waals surface area contributed by atoms with Gasteiger partial charge in [0.25, 0.3) is 5.69 Å². The Morgan fingerprint density at radius 1 is 1.24 bits per heavy atom. The summed E-state index contributed by atoms with van der Waals surface area (Å²) in [5.74, 6) is 0. The summed E-state index contributed by atoms with van der Waals surface area (Å²) in [6, 6.07) is 14.9. The largest absolute Gasteiger partial charge is 0.296 e. The molecule has 0 radical (unpaired) electrons. The molecule has 2 aromatic rings. The third-order valence-electron chi connectivity index (χ3n) is 3.27. The molecular weight excluding hydrogens is 268 g/mol. The van der Waals surface area contributed by atoms with Crippen molar-refractivity contribution in [1.29, 1.82) is 0 Å². The maximum absolute atomic E-state index is 10.9. The minimum atomic E-state index is -0.365. The van der Waals surface area contributed by atoms with Crippen molar-refractivity contribution in [1.82, 2.24) is 5.48 Å². The summed E-state index contributed by atoms with van der Waals surface area (Å²) in [4.78, 5) is 16.0. The lowest BCUT2D eigenvalue weighted by molar-refractivity contribution is -0.385. The Labute approximate surface area is 123 Å². The molecule has 2 rings (SSSR count). The van der Waals surface area contributed by atoms with E-state index in [1.165, 1.54) is 0 Å². The first-order valence-corrected chi connectivity index (χ1v) is 6.74. The van der Waals surface area contributed by atoms with Gasteiger partial charge in [0.1, 0.15) is 0 Å². The third-order valence-corrected chi connectivity index (χ3v) is 3.27. The van der Waals surface area contributed by atoms with E-state index in [2.05, 4.69) is 5.48 Å². The molecule has 21 heavy (non-hydrogen) atoms. The molecule has 0 saturated heterocycles. The molecule has 0 fully saturated rings. The fourth-order valence-corrected chi connectivity index (χ4v) is 1.98. The number of hydrogen-bond acceptors (Lipinski definition) is 4. The van der Waals surface area contributed by atoms with Crippen LogP contribution in [0.5, 0.6) is 0 Å². The molecule has 1 N–H and O–H groups in total. The molecule has 5 nitrogen and oxygen atoms in total. The number of nitrogens with one attached hydrogen (secondary N) is 1. The average molecular weight is 286 g/mol. The zero-order valence-electron chi connectivity index (χ0n) is 12.1. The lowest BCUT2D eigenvalue weighted by Gasteiger charge is -2.14. The van der Waals surface area contributed by atoms with Crippen LogP contribution in [0.1, 0.15) is 29.7 Å². The molecule has 0 aliphatic heterocycles. The minimum absolute atomic E-state index is 0.129. The van der Waals surface area contributed by atoms with Crippen LogP contribution < -0.4 is 5.48 Å². The number of nitro groups is 1. The van der Waals surface area contributed by atoms with Crippen LogP contribution in [-0.4, -0.2) is 4.92 Å². The van der Waals surface area contributed by atoms with Crippen LogP contribution in [0.3, 0.4) is 0 Å². The van der Waals surface area contributed by atoms with Crippen LogP contribution in [0.2, 0.25) is 0 Å². The van der Waals surface area contributed by atoms with Gasteiger partial charge in [0.2, 0.25) is 0 Å². The topological polar surface area (TPSA) is 64.4 Å². The Morgan fingerprint density at radius 2 is 1.95 bits per heavy atom. The van der Waals surface area contributed by atoms with Crippen LogP contribution in [-0.2, 0) is 11.4 Å². The monoisotopic (exact) mass is 286 g/mol. The van der Waals surface area contributed by atoms with E-state index in [0.29, 0.717) is 12.2 Å². The lowest BCUT2D eigenvalue weighted by atomic mass is 10.1. The zero-order valence-corrected chi connectivity index (χ0v) is 12.1. The molecule has 5 heteroatoms. The smallest absolute Gasteiger partial charge is 0.272 e. The van der Waals surface area contributed by atoms with Crippen molar-refractivity contribution in [2.75, 3.05) is 0 Å². The predicted molar refractivity (Wildman–Crippen MR) is 80.6 cm³/mol. The Kier molecular flexibility index (Phi) is 5.03. The molecule has 110 valence electrons. The molecular formula is C16H18N2O3. The Bertz CT molecular complexity index is 614. The first-order valence-electron chi connectivity index (χ1n) is 6.74. The molecule has 1 atom stereocenters. The summed E-state index contributed by atoms with van der Waals surface area (Å²) < 4.78 is 0.